The number of hydrogen-bond donors (Lipinski definition) is 3. The van der Waals surface area contributed by atoms with Gasteiger partial charge in [-0.3, -0.25) is 10.1 Å². The molecular formula is C40H32ClF3N6O4. The summed E-state index contributed by atoms with van der Waals surface area (Å²) < 4.78 is 66.9. The van der Waals surface area contributed by atoms with Crippen molar-refractivity contribution in [2.75, 3.05) is 11.9 Å². The molecule has 2 unspecified atom stereocenters. The number of pyridine rings is 1. The van der Waals surface area contributed by atoms with Gasteiger partial charge in [-0.15, -0.1) is 0 Å². The number of nitrogens with one attached hydrogen (secondary N) is 2. The summed E-state index contributed by atoms with van der Waals surface area (Å²) in [5.74, 6) is -2.11. The van der Waals surface area contributed by atoms with Crippen LogP contribution in [0.4, 0.5) is 18.9 Å². The van der Waals surface area contributed by atoms with Crippen molar-refractivity contribution in [3.8, 4) is 22.6 Å². The van der Waals surface area contributed by atoms with Gasteiger partial charge in [-0.25, -0.2) is 18.2 Å². The van der Waals surface area contributed by atoms with Crippen LogP contribution in [0, 0.1) is 24.4 Å². The molecule has 0 bridgehead atoms. The monoisotopic (exact) mass is 752 g/mol. The largest absolute Gasteiger partial charge is 0.443 e. The Morgan fingerprint density at radius 3 is 2.59 bits per heavy atom. The summed E-state index contributed by atoms with van der Waals surface area (Å²) >= 11 is 6.02. The SMILES string of the molecule is Cc1n[nH]c2c(F)cc(C(O)Nc3ccc4c(c3)nc(Cc3c(F)cc(-c5cccc6c5O[C@](C)(c5ccc(Cl)cn5)O6)cc3F)n4CC3CCO3)cc12. The molecule has 10 nitrogen and oxygen atoms in total. The lowest BCUT2D eigenvalue weighted by Gasteiger charge is -2.27. The summed E-state index contributed by atoms with van der Waals surface area (Å²) in [4.78, 5) is 9.15. The minimum atomic E-state index is -1.28. The number of ether oxygens (including phenoxy) is 3. The van der Waals surface area contributed by atoms with E-state index in [1.165, 1.54) is 24.4 Å². The van der Waals surface area contributed by atoms with Crippen LogP contribution in [0.3, 0.4) is 0 Å². The molecule has 1 saturated heterocycles. The number of aromatic amines is 1. The van der Waals surface area contributed by atoms with E-state index in [0.29, 0.717) is 74.6 Å². The highest BCUT2D eigenvalue weighted by Crippen LogP contribution is 2.49. The van der Waals surface area contributed by atoms with Gasteiger partial charge < -0.3 is 29.2 Å². The number of imidazole rings is 1. The molecule has 0 amide bonds. The van der Waals surface area contributed by atoms with Crippen molar-refractivity contribution >= 4 is 39.2 Å². The summed E-state index contributed by atoms with van der Waals surface area (Å²) in [7, 11) is 0. The molecule has 274 valence electrons. The molecule has 3 N–H and O–H groups in total. The van der Waals surface area contributed by atoms with E-state index in [0.717, 1.165) is 11.9 Å². The highest BCUT2D eigenvalue weighted by Gasteiger charge is 2.41. The van der Waals surface area contributed by atoms with Crippen molar-refractivity contribution in [1.82, 2.24) is 24.7 Å². The number of H-pyrrole nitrogens is 1. The van der Waals surface area contributed by atoms with E-state index in [9.17, 15) is 9.50 Å². The number of fused-ring (bicyclic) bond motifs is 3. The number of aryl methyl sites for hydroxylation is 1. The zero-order valence-electron chi connectivity index (χ0n) is 29.0. The summed E-state index contributed by atoms with van der Waals surface area (Å²) in [6.45, 7) is 4.55. The second-order valence-electron chi connectivity index (χ2n) is 13.6. The van der Waals surface area contributed by atoms with Gasteiger partial charge >= 0.3 is 0 Å². The van der Waals surface area contributed by atoms with Crippen LogP contribution in [0.2, 0.25) is 5.02 Å². The van der Waals surface area contributed by atoms with E-state index in [-0.39, 0.29) is 29.2 Å². The van der Waals surface area contributed by atoms with Gasteiger partial charge in [0.25, 0.3) is 5.79 Å². The molecule has 2 aliphatic heterocycles. The molecule has 0 saturated carbocycles. The number of aliphatic hydroxyl groups is 1. The summed E-state index contributed by atoms with van der Waals surface area (Å²) in [6.07, 6.45) is 0.892. The fourth-order valence-corrected chi connectivity index (χ4v) is 7.17. The molecule has 14 heteroatoms. The molecule has 9 rings (SSSR count). The van der Waals surface area contributed by atoms with Crippen LogP contribution >= 0.6 is 11.6 Å². The van der Waals surface area contributed by atoms with E-state index in [4.69, 9.17) is 30.8 Å². The molecule has 54 heavy (non-hydrogen) atoms. The Labute approximate surface area is 311 Å². The maximum Gasteiger partial charge on any atom is 0.292 e. The summed E-state index contributed by atoms with van der Waals surface area (Å²) in [6, 6.07) is 19.3. The second kappa shape index (κ2) is 13.0. The van der Waals surface area contributed by atoms with Crippen LogP contribution in [-0.2, 0) is 23.5 Å². The van der Waals surface area contributed by atoms with Crippen LogP contribution in [0.25, 0.3) is 33.1 Å². The molecule has 0 radical (unpaired) electrons. The molecular weight excluding hydrogens is 721 g/mol. The van der Waals surface area contributed by atoms with Crippen LogP contribution in [0.5, 0.6) is 11.5 Å². The predicted octanol–water partition coefficient (Wildman–Crippen LogP) is 8.48. The summed E-state index contributed by atoms with van der Waals surface area (Å²) in [5, 5.41) is 21.8. The van der Waals surface area contributed by atoms with Crippen LogP contribution in [0.15, 0.2) is 79.0 Å². The fraction of sp³-hybridized carbons (Fsp3) is 0.225. The van der Waals surface area contributed by atoms with Crippen LogP contribution < -0.4 is 14.8 Å². The Balaban J connectivity index is 1.01. The Hall–Kier alpha value is -5.63. The van der Waals surface area contributed by atoms with Gasteiger partial charge in [-0.2, -0.15) is 5.10 Å². The molecule has 7 aromatic rings. The van der Waals surface area contributed by atoms with E-state index in [1.807, 2.05) is 10.6 Å². The lowest BCUT2D eigenvalue weighted by Crippen LogP contribution is -2.32. The summed E-state index contributed by atoms with van der Waals surface area (Å²) in [5.41, 5.74) is 4.04. The first-order valence-corrected chi connectivity index (χ1v) is 17.7. The maximum atomic E-state index is 16.0. The number of hydrogen-bond acceptors (Lipinski definition) is 8. The first-order valence-electron chi connectivity index (χ1n) is 17.3. The Morgan fingerprint density at radius 1 is 1.04 bits per heavy atom. The zero-order valence-corrected chi connectivity index (χ0v) is 29.7. The van der Waals surface area contributed by atoms with Crippen LogP contribution in [0.1, 0.15) is 47.9 Å². The molecule has 0 spiro atoms. The average molecular weight is 753 g/mol. The number of aliphatic hydroxyl groups excluding tert-OH is 1. The van der Waals surface area contributed by atoms with E-state index >= 15 is 8.78 Å². The lowest BCUT2D eigenvalue weighted by atomic mass is 10.00. The van der Waals surface area contributed by atoms with Gasteiger partial charge in [0.05, 0.1) is 34.4 Å². The van der Waals surface area contributed by atoms with Gasteiger partial charge in [0, 0.05) is 53.9 Å². The highest BCUT2D eigenvalue weighted by molar-refractivity contribution is 6.30. The molecule has 3 atom stereocenters. The maximum absolute atomic E-state index is 16.0. The minimum Gasteiger partial charge on any atom is -0.443 e. The van der Waals surface area contributed by atoms with E-state index in [1.54, 1.807) is 62.4 Å². The van der Waals surface area contributed by atoms with Gasteiger partial charge in [0.2, 0.25) is 0 Å². The second-order valence-corrected chi connectivity index (χ2v) is 14.1. The predicted molar refractivity (Wildman–Crippen MR) is 196 cm³/mol. The quantitative estimate of drug-likeness (QED) is 0.126. The third-order valence-corrected chi connectivity index (χ3v) is 10.2. The first-order chi connectivity index (χ1) is 26.0. The first kappa shape index (κ1) is 34.2. The number of nitrogens with zero attached hydrogens (tertiary/aromatic N) is 4. The minimum absolute atomic E-state index is 0.0646. The van der Waals surface area contributed by atoms with Gasteiger partial charge in [-0.05, 0) is 79.6 Å². The van der Waals surface area contributed by atoms with Crippen molar-refractivity contribution in [3.05, 3.63) is 130 Å². The van der Waals surface area contributed by atoms with E-state index < -0.39 is 29.5 Å². The lowest BCUT2D eigenvalue weighted by molar-refractivity contribution is -0.0715. The molecule has 3 aromatic heterocycles. The number of benzene rings is 4. The highest BCUT2D eigenvalue weighted by atomic mass is 35.5. The Kier molecular flexibility index (Phi) is 8.25. The van der Waals surface area contributed by atoms with Crippen molar-refractivity contribution in [1.29, 1.82) is 0 Å². The van der Waals surface area contributed by atoms with Crippen molar-refractivity contribution in [2.24, 2.45) is 0 Å². The smallest absolute Gasteiger partial charge is 0.292 e. The third-order valence-electron chi connectivity index (χ3n) is 10.0. The molecule has 0 aliphatic carbocycles. The molecule has 4 aromatic carbocycles. The van der Waals surface area contributed by atoms with Crippen LogP contribution in [-0.4, -0.2) is 42.5 Å². The fourth-order valence-electron chi connectivity index (χ4n) is 7.05. The molecule has 5 heterocycles. The molecule has 2 aliphatic rings. The zero-order chi connectivity index (χ0) is 37.3. The topological polar surface area (TPSA) is 119 Å². The average Bonchev–Trinajstić information content (AvgIpc) is 3.80. The third kappa shape index (κ3) is 5.98. The van der Waals surface area contributed by atoms with Gasteiger partial charge in [0.1, 0.15) is 34.5 Å². The molecule has 1 fully saturated rings. The van der Waals surface area contributed by atoms with Crippen molar-refractivity contribution < 1.29 is 32.5 Å². The number of rotatable bonds is 9. The number of aromatic nitrogens is 5. The number of para-hydroxylation sites is 1. The van der Waals surface area contributed by atoms with Gasteiger partial charge in [-0.1, -0.05) is 23.7 Å². The van der Waals surface area contributed by atoms with Gasteiger partial charge in [0.15, 0.2) is 17.7 Å². The van der Waals surface area contributed by atoms with E-state index in [2.05, 4.69) is 20.5 Å². The number of anilines is 1. The van der Waals surface area contributed by atoms with Crippen molar-refractivity contribution in [3.63, 3.8) is 0 Å². The standard InChI is InChI=1S/C40H32ClF3N6O4/c1-20-27-12-22(15-31(44)37(27)49-48-20)39(51)46-24-7-8-33-32(16-24)47-36(50(33)19-25-10-11-52-25)17-28-29(42)13-21(14-30(28)43)26-4-3-5-34-38(26)54-40(2,53-34)35-9-6-23(41)18-45-35/h3-9,12-16,18,25,39,46,51H,10-11,17,19H2,1-2H3,(H,48,49)/t25?,39?,40-/m1/s1. The number of halogens is 4. The Bertz CT molecular complexity index is 2570. The van der Waals surface area contributed by atoms with Crippen molar-refractivity contribution in [2.45, 2.75) is 51.4 Å². The normalized spacial score (nSPS) is 18.3. The Morgan fingerprint density at radius 2 is 1.85 bits per heavy atom.